The number of sulfonamides is 1. The van der Waals surface area contributed by atoms with E-state index in [4.69, 9.17) is 5.73 Å². The molecule has 1 heterocycles. The Morgan fingerprint density at radius 1 is 1.30 bits per heavy atom. The van der Waals surface area contributed by atoms with Crippen LogP contribution >= 0.6 is 11.3 Å². The van der Waals surface area contributed by atoms with Crippen LogP contribution < -0.4 is 10.5 Å². The molecule has 0 saturated carbocycles. The Morgan fingerprint density at radius 3 is 2.65 bits per heavy atom. The van der Waals surface area contributed by atoms with Gasteiger partial charge in [-0.2, -0.15) is 0 Å². The van der Waals surface area contributed by atoms with Crippen molar-refractivity contribution in [1.29, 1.82) is 0 Å². The number of nitrogen functional groups attached to an aromatic ring is 1. The number of nitrogens with two attached hydrogens (primary N) is 1. The molecule has 2 rings (SSSR count). The summed E-state index contributed by atoms with van der Waals surface area (Å²) >= 11 is 1.49. The highest BCUT2D eigenvalue weighted by Crippen LogP contribution is 2.25. The minimum Gasteiger partial charge on any atom is -0.397 e. The predicted octanol–water partition coefficient (Wildman–Crippen LogP) is 1.86. The molecule has 7 heteroatoms. The summed E-state index contributed by atoms with van der Waals surface area (Å²) in [7, 11) is -3.60. The third kappa shape index (κ3) is 3.17. The summed E-state index contributed by atoms with van der Waals surface area (Å²) in [5.74, 6) is 0. The largest absolute Gasteiger partial charge is 0.397 e. The molecule has 108 valence electrons. The second-order valence-corrected chi connectivity index (χ2v) is 6.99. The molecule has 0 aliphatic heterocycles. The predicted molar refractivity (Wildman–Crippen MR) is 81.3 cm³/mol. The van der Waals surface area contributed by atoms with Crippen LogP contribution in [0.15, 0.2) is 27.9 Å². The van der Waals surface area contributed by atoms with Crippen molar-refractivity contribution < 1.29 is 8.42 Å². The summed E-state index contributed by atoms with van der Waals surface area (Å²) in [6, 6.07) is 3.58. The molecule has 0 amide bonds. The van der Waals surface area contributed by atoms with Crippen LogP contribution in [-0.4, -0.2) is 19.9 Å². The van der Waals surface area contributed by atoms with E-state index in [1.165, 1.54) is 11.3 Å². The van der Waals surface area contributed by atoms with E-state index in [2.05, 4.69) is 9.71 Å². The van der Waals surface area contributed by atoms with Gasteiger partial charge < -0.3 is 5.73 Å². The standard InChI is InChI=1S/C13H17N3O2S2/c1-9-3-4-10(2)13(12(9)14)20(17,18)16-6-5-11-7-19-8-15-11/h3-4,7-8,16H,5-6,14H2,1-2H3. The number of hydrogen-bond acceptors (Lipinski definition) is 5. The summed E-state index contributed by atoms with van der Waals surface area (Å²) in [6.07, 6.45) is 0.563. The van der Waals surface area contributed by atoms with E-state index >= 15 is 0 Å². The Kier molecular flexibility index (Phi) is 4.42. The van der Waals surface area contributed by atoms with Gasteiger partial charge in [-0.25, -0.2) is 18.1 Å². The number of aromatic nitrogens is 1. The van der Waals surface area contributed by atoms with Crippen molar-refractivity contribution in [1.82, 2.24) is 9.71 Å². The number of nitrogens with zero attached hydrogens (tertiary/aromatic N) is 1. The van der Waals surface area contributed by atoms with Crippen LogP contribution in [0.3, 0.4) is 0 Å². The Morgan fingerprint density at radius 2 is 2.00 bits per heavy atom. The quantitative estimate of drug-likeness (QED) is 0.825. The molecule has 0 atom stereocenters. The van der Waals surface area contributed by atoms with Crippen LogP contribution in [0, 0.1) is 13.8 Å². The molecule has 0 radical (unpaired) electrons. The SMILES string of the molecule is Cc1ccc(C)c(S(=O)(=O)NCCc2cscn2)c1N. The Labute approximate surface area is 122 Å². The summed E-state index contributed by atoms with van der Waals surface area (Å²) < 4.78 is 27.3. The lowest BCUT2D eigenvalue weighted by atomic mass is 10.1. The van der Waals surface area contributed by atoms with Crippen LogP contribution in [0.5, 0.6) is 0 Å². The topological polar surface area (TPSA) is 85.1 Å². The Balaban J connectivity index is 2.16. The van der Waals surface area contributed by atoms with Crippen molar-refractivity contribution in [3.63, 3.8) is 0 Å². The molecule has 1 aromatic heterocycles. The highest BCUT2D eigenvalue weighted by atomic mass is 32.2. The second-order valence-electron chi connectivity index (χ2n) is 4.57. The van der Waals surface area contributed by atoms with Crippen LogP contribution in [0.1, 0.15) is 16.8 Å². The first-order chi connectivity index (χ1) is 9.42. The molecule has 0 aliphatic rings. The first-order valence-electron chi connectivity index (χ1n) is 6.14. The average molecular weight is 311 g/mol. The maximum Gasteiger partial charge on any atom is 0.242 e. The maximum absolute atomic E-state index is 12.3. The van der Waals surface area contributed by atoms with E-state index < -0.39 is 10.0 Å². The molecule has 2 aromatic rings. The van der Waals surface area contributed by atoms with Gasteiger partial charge in [-0.05, 0) is 25.0 Å². The molecule has 0 saturated heterocycles. The zero-order chi connectivity index (χ0) is 14.8. The molecule has 5 nitrogen and oxygen atoms in total. The second kappa shape index (κ2) is 5.90. The van der Waals surface area contributed by atoms with Gasteiger partial charge in [0, 0.05) is 18.3 Å². The third-order valence-corrected chi connectivity index (χ3v) is 5.34. The zero-order valence-corrected chi connectivity index (χ0v) is 13.0. The minimum atomic E-state index is -3.60. The van der Waals surface area contributed by atoms with Crippen molar-refractivity contribution >= 4 is 27.0 Å². The number of anilines is 1. The first kappa shape index (κ1) is 15.0. The monoisotopic (exact) mass is 311 g/mol. The molecule has 0 spiro atoms. The van der Waals surface area contributed by atoms with Crippen LogP contribution in [0.25, 0.3) is 0 Å². The van der Waals surface area contributed by atoms with Gasteiger partial charge in [-0.1, -0.05) is 12.1 Å². The van der Waals surface area contributed by atoms with Crippen molar-refractivity contribution in [2.75, 3.05) is 12.3 Å². The van der Waals surface area contributed by atoms with Crippen molar-refractivity contribution in [3.8, 4) is 0 Å². The number of nitrogens with one attached hydrogen (secondary N) is 1. The van der Waals surface area contributed by atoms with Crippen molar-refractivity contribution in [2.45, 2.75) is 25.2 Å². The van der Waals surface area contributed by atoms with Gasteiger partial charge in [0.2, 0.25) is 10.0 Å². The fraction of sp³-hybridized carbons (Fsp3) is 0.308. The highest BCUT2D eigenvalue weighted by molar-refractivity contribution is 7.89. The van der Waals surface area contributed by atoms with Crippen molar-refractivity contribution in [2.24, 2.45) is 0 Å². The average Bonchev–Trinajstić information content (AvgIpc) is 2.87. The molecule has 20 heavy (non-hydrogen) atoms. The molecule has 1 aromatic carbocycles. The lowest BCUT2D eigenvalue weighted by Crippen LogP contribution is -2.27. The molecular formula is C13H17N3O2S2. The first-order valence-corrected chi connectivity index (χ1v) is 8.57. The lowest BCUT2D eigenvalue weighted by Gasteiger charge is -2.13. The zero-order valence-electron chi connectivity index (χ0n) is 11.4. The number of rotatable bonds is 5. The van der Waals surface area contributed by atoms with E-state index in [0.29, 0.717) is 24.2 Å². The van der Waals surface area contributed by atoms with Gasteiger partial charge in [0.05, 0.1) is 16.9 Å². The fourth-order valence-corrected chi connectivity index (χ4v) is 3.96. The van der Waals surface area contributed by atoms with E-state index in [0.717, 1.165) is 11.3 Å². The molecule has 0 unspecified atom stereocenters. The summed E-state index contributed by atoms with van der Waals surface area (Å²) in [6.45, 7) is 3.84. The Hall–Kier alpha value is -1.44. The Bertz CT molecular complexity index is 695. The van der Waals surface area contributed by atoms with Gasteiger partial charge in [-0.3, -0.25) is 0 Å². The number of hydrogen-bond donors (Lipinski definition) is 2. The molecule has 0 fully saturated rings. The van der Waals surface area contributed by atoms with Crippen LogP contribution in [-0.2, 0) is 16.4 Å². The van der Waals surface area contributed by atoms with Gasteiger partial charge in [-0.15, -0.1) is 11.3 Å². The number of aryl methyl sites for hydroxylation is 2. The van der Waals surface area contributed by atoms with E-state index in [-0.39, 0.29) is 4.90 Å². The lowest BCUT2D eigenvalue weighted by molar-refractivity contribution is 0.581. The number of benzene rings is 1. The van der Waals surface area contributed by atoms with Gasteiger partial charge >= 0.3 is 0 Å². The third-order valence-electron chi connectivity index (χ3n) is 3.04. The summed E-state index contributed by atoms with van der Waals surface area (Å²) in [4.78, 5) is 4.29. The van der Waals surface area contributed by atoms with Gasteiger partial charge in [0.15, 0.2) is 0 Å². The smallest absolute Gasteiger partial charge is 0.242 e. The normalized spacial score (nSPS) is 11.7. The van der Waals surface area contributed by atoms with E-state index in [1.54, 1.807) is 25.4 Å². The van der Waals surface area contributed by atoms with Gasteiger partial charge in [0.25, 0.3) is 0 Å². The van der Waals surface area contributed by atoms with E-state index in [9.17, 15) is 8.42 Å². The molecule has 0 bridgehead atoms. The minimum absolute atomic E-state index is 0.177. The molecular weight excluding hydrogens is 294 g/mol. The van der Waals surface area contributed by atoms with Crippen molar-refractivity contribution in [3.05, 3.63) is 39.8 Å². The summed E-state index contributed by atoms with van der Waals surface area (Å²) in [5, 5.41) is 1.90. The van der Waals surface area contributed by atoms with E-state index in [1.807, 2.05) is 11.4 Å². The molecule has 0 aliphatic carbocycles. The summed E-state index contributed by atoms with van der Waals surface area (Å²) in [5.41, 5.74) is 10.2. The number of thiazole rings is 1. The van der Waals surface area contributed by atoms with Crippen LogP contribution in [0.4, 0.5) is 5.69 Å². The fourth-order valence-electron chi connectivity index (χ4n) is 1.91. The highest BCUT2D eigenvalue weighted by Gasteiger charge is 2.20. The molecule has 3 N–H and O–H groups in total. The van der Waals surface area contributed by atoms with Crippen LogP contribution in [0.2, 0.25) is 0 Å². The van der Waals surface area contributed by atoms with Gasteiger partial charge in [0.1, 0.15) is 4.90 Å². The maximum atomic E-state index is 12.3.